The molecule has 0 spiro atoms. The molecule has 140 valence electrons. The van der Waals surface area contributed by atoms with E-state index in [-0.39, 0.29) is 18.3 Å². The van der Waals surface area contributed by atoms with Gasteiger partial charge in [0.15, 0.2) is 0 Å². The topological polar surface area (TPSA) is 70.3 Å². The Balaban J connectivity index is 1.50. The molecule has 0 fully saturated rings. The van der Waals surface area contributed by atoms with Crippen molar-refractivity contribution >= 4 is 5.97 Å². The number of rotatable bonds is 7. The van der Waals surface area contributed by atoms with Crippen LogP contribution in [-0.2, 0) is 24.2 Å². The molecular weight excluding hydrogens is 350 g/mol. The van der Waals surface area contributed by atoms with Gasteiger partial charge in [0, 0.05) is 0 Å². The van der Waals surface area contributed by atoms with Crippen LogP contribution in [0.1, 0.15) is 39.0 Å². The molecule has 3 aromatic rings. The molecule has 0 aliphatic rings. The molecule has 0 saturated carbocycles. The molecule has 0 saturated heterocycles. The van der Waals surface area contributed by atoms with Crippen LogP contribution in [0.2, 0.25) is 0 Å². The maximum atomic E-state index is 12.1. The van der Waals surface area contributed by atoms with E-state index in [9.17, 15) is 9.90 Å². The lowest BCUT2D eigenvalue weighted by Crippen LogP contribution is -2.05. The van der Waals surface area contributed by atoms with E-state index in [2.05, 4.69) is 0 Å². The number of hydrogen-bond acceptors (Lipinski definition) is 4. The van der Waals surface area contributed by atoms with E-state index >= 15 is 0 Å². The highest BCUT2D eigenvalue weighted by atomic mass is 16.5. The van der Waals surface area contributed by atoms with E-state index in [1.165, 1.54) is 0 Å². The molecule has 0 aliphatic carbocycles. The minimum Gasteiger partial charge on any atom is -0.506 e. The summed E-state index contributed by atoms with van der Waals surface area (Å²) in [5.74, 6) is -0.268. The molecule has 0 bridgehead atoms. The van der Waals surface area contributed by atoms with E-state index < -0.39 is 0 Å². The maximum Gasteiger partial charge on any atom is 0.338 e. The number of aryl methyl sites for hydroxylation is 2. The third-order valence-corrected chi connectivity index (χ3v) is 4.55. The number of phenols is 1. The van der Waals surface area contributed by atoms with Crippen molar-refractivity contribution in [1.29, 1.82) is 5.26 Å². The van der Waals surface area contributed by atoms with Crippen molar-refractivity contribution in [3.05, 3.63) is 101 Å². The van der Waals surface area contributed by atoms with Crippen molar-refractivity contribution < 1.29 is 14.6 Å². The van der Waals surface area contributed by atoms with Gasteiger partial charge in [-0.3, -0.25) is 0 Å². The van der Waals surface area contributed by atoms with Gasteiger partial charge in [0.05, 0.1) is 11.1 Å². The number of carbonyl (C=O) groups excluding carboxylic acids is 1. The molecule has 1 N–H and O–H groups in total. The number of benzene rings is 3. The summed E-state index contributed by atoms with van der Waals surface area (Å²) in [7, 11) is 0. The Kier molecular flexibility index (Phi) is 6.43. The fourth-order valence-electron chi connectivity index (χ4n) is 2.98. The van der Waals surface area contributed by atoms with Crippen LogP contribution >= 0.6 is 0 Å². The summed E-state index contributed by atoms with van der Waals surface area (Å²) in [6.07, 6.45) is 2.33. The molecule has 0 unspecified atom stereocenters. The Bertz CT molecular complexity index is 973. The zero-order valence-electron chi connectivity index (χ0n) is 15.5. The van der Waals surface area contributed by atoms with Crippen molar-refractivity contribution in [1.82, 2.24) is 0 Å². The Hall–Kier alpha value is -3.58. The third kappa shape index (κ3) is 4.99. The lowest BCUT2D eigenvalue weighted by molar-refractivity contribution is 0.0472. The van der Waals surface area contributed by atoms with Crippen molar-refractivity contribution in [3.8, 4) is 11.8 Å². The molecule has 28 heavy (non-hydrogen) atoms. The third-order valence-electron chi connectivity index (χ3n) is 4.55. The van der Waals surface area contributed by atoms with Gasteiger partial charge in [-0.05, 0) is 54.2 Å². The number of phenolic OH excluding ortho intramolecular Hbond substituents is 1. The minimum atomic E-state index is -0.339. The first-order valence-corrected chi connectivity index (χ1v) is 9.18. The molecule has 0 atom stereocenters. The molecular formula is C24H21NO3. The average molecular weight is 371 g/mol. The first-order chi connectivity index (χ1) is 13.7. The number of aromatic hydroxyl groups is 1. The van der Waals surface area contributed by atoms with Crippen molar-refractivity contribution in [2.45, 2.75) is 25.9 Å². The van der Waals surface area contributed by atoms with E-state index in [1.807, 2.05) is 54.6 Å². The van der Waals surface area contributed by atoms with E-state index in [0.29, 0.717) is 17.5 Å². The van der Waals surface area contributed by atoms with Crippen molar-refractivity contribution in [2.75, 3.05) is 0 Å². The fraction of sp³-hybridized carbons (Fsp3) is 0.167. The van der Waals surface area contributed by atoms with Crippen LogP contribution in [0.25, 0.3) is 0 Å². The smallest absolute Gasteiger partial charge is 0.338 e. The number of esters is 1. The number of hydrogen-bond donors (Lipinski definition) is 1. The Morgan fingerprint density at radius 3 is 2.36 bits per heavy atom. The zero-order valence-corrected chi connectivity index (χ0v) is 15.5. The second kappa shape index (κ2) is 9.38. The van der Waals surface area contributed by atoms with Crippen molar-refractivity contribution in [2.24, 2.45) is 0 Å². The largest absolute Gasteiger partial charge is 0.506 e. The molecule has 0 radical (unpaired) electrons. The Morgan fingerprint density at radius 1 is 0.893 bits per heavy atom. The monoisotopic (exact) mass is 371 g/mol. The molecule has 4 heteroatoms. The van der Waals surface area contributed by atoms with Crippen LogP contribution in [-0.4, -0.2) is 11.1 Å². The quantitative estimate of drug-likeness (QED) is 0.606. The first-order valence-electron chi connectivity index (χ1n) is 9.18. The van der Waals surface area contributed by atoms with Crippen molar-refractivity contribution in [3.63, 3.8) is 0 Å². The Labute approximate surface area is 164 Å². The lowest BCUT2D eigenvalue weighted by atomic mass is 10.0. The van der Waals surface area contributed by atoms with Gasteiger partial charge in [-0.1, -0.05) is 54.6 Å². The van der Waals surface area contributed by atoms with Gasteiger partial charge < -0.3 is 9.84 Å². The maximum absolute atomic E-state index is 12.1. The van der Waals surface area contributed by atoms with Gasteiger partial charge in [0.25, 0.3) is 0 Å². The van der Waals surface area contributed by atoms with E-state index in [4.69, 9.17) is 10.00 Å². The normalized spacial score (nSPS) is 10.2. The predicted molar refractivity (Wildman–Crippen MR) is 107 cm³/mol. The highest BCUT2D eigenvalue weighted by molar-refractivity contribution is 5.89. The number of nitriles is 1. The second-order valence-electron chi connectivity index (χ2n) is 6.54. The van der Waals surface area contributed by atoms with Crippen LogP contribution in [0.5, 0.6) is 5.75 Å². The molecule has 3 aromatic carbocycles. The summed E-state index contributed by atoms with van der Waals surface area (Å²) in [4.78, 5) is 12.1. The molecule has 0 aliphatic heterocycles. The SMILES string of the molecule is N#Cc1cccc(CCCc2ccc(C(=O)OCc3ccccc3)cc2)c1O. The minimum absolute atomic E-state index is 0.0708. The summed E-state index contributed by atoms with van der Waals surface area (Å²) >= 11 is 0. The molecule has 3 rings (SSSR count). The van der Waals surface area contributed by atoms with Crippen LogP contribution in [0.4, 0.5) is 0 Å². The van der Waals surface area contributed by atoms with Crippen LogP contribution in [0.3, 0.4) is 0 Å². The Morgan fingerprint density at radius 2 is 1.64 bits per heavy atom. The summed E-state index contributed by atoms with van der Waals surface area (Å²) in [6, 6.07) is 24.2. The number of carbonyl (C=O) groups is 1. The lowest BCUT2D eigenvalue weighted by Gasteiger charge is -2.07. The van der Waals surface area contributed by atoms with Crippen LogP contribution in [0, 0.1) is 11.3 Å². The highest BCUT2D eigenvalue weighted by Crippen LogP contribution is 2.23. The van der Waals surface area contributed by atoms with E-state index in [1.54, 1.807) is 24.3 Å². The molecule has 0 aromatic heterocycles. The summed E-state index contributed by atoms with van der Waals surface area (Å²) in [5, 5.41) is 19.0. The molecule has 0 amide bonds. The van der Waals surface area contributed by atoms with Gasteiger partial charge in [0.1, 0.15) is 18.4 Å². The second-order valence-corrected chi connectivity index (χ2v) is 6.54. The van der Waals surface area contributed by atoms with Crippen LogP contribution < -0.4 is 0 Å². The predicted octanol–water partition coefficient (Wildman–Crippen LogP) is 4.80. The van der Waals surface area contributed by atoms with Gasteiger partial charge in [-0.25, -0.2) is 4.79 Å². The van der Waals surface area contributed by atoms with Crippen LogP contribution in [0.15, 0.2) is 72.8 Å². The average Bonchev–Trinajstić information content (AvgIpc) is 2.74. The fourth-order valence-corrected chi connectivity index (χ4v) is 2.98. The number of ether oxygens (including phenoxy) is 1. The van der Waals surface area contributed by atoms with Gasteiger partial charge in [-0.15, -0.1) is 0 Å². The number of para-hydroxylation sites is 1. The standard InChI is InChI=1S/C24H21NO3/c25-16-22-11-5-10-20(23(22)26)9-4-8-18-12-14-21(15-13-18)24(27)28-17-19-6-2-1-3-7-19/h1-3,5-7,10-15,26H,4,8-9,17H2. The van der Waals surface area contributed by atoms with E-state index in [0.717, 1.165) is 29.5 Å². The first kappa shape index (κ1) is 19.2. The summed E-state index contributed by atoms with van der Waals surface area (Å²) in [6.45, 7) is 0.257. The van der Waals surface area contributed by atoms with Gasteiger partial charge in [-0.2, -0.15) is 5.26 Å². The van der Waals surface area contributed by atoms with Gasteiger partial charge in [0.2, 0.25) is 0 Å². The number of nitrogens with zero attached hydrogens (tertiary/aromatic N) is 1. The van der Waals surface area contributed by atoms with Gasteiger partial charge >= 0.3 is 5.97 Å². The highest BCUT2D eigenvalue weighted by Gasteiger charge is 2.09. The summed E-state index contributed by atoms with van der Waals surface area (Å²) in [5.41, 5.74) is 3.67. The molecule has 0 heterocycles. The summed E-state index contributed by atoms with van der Waals surface area (Å²) < 4.78 is 5.33. The zero-order chi connectivity index (χ0) is 19.8. The molecule has 4 nitrogen and oxygen atoms in total.